The number of pyridine rings is 1. The summed E-state index contributed by atoms with van der Waals surface area (Å²) in [6.45, 7) is 6.84. The van der Waals surface area contributed by atoms with Crippen molar-refractivity contribution in [2.75, 3.05) is 26.2 Å². The second-order valence-corrected chi connectivity index (χ2v) is 7.45. The molecule has 2 aromatic heterocycles. The van der Waals surface area contributed by atoms with Gasteiger partial charge in [-0.3, -0.25) is 14.6 Å². The van der Waals surface area contributed by atoms with Crippen LogP contribution < -0.4 is 0 Å². The van der Waals surface area contributed by atoms with Gasteiger partial charge in [0.25, 0.3) is 5.91 Å². The van der Waals surface area contributed by atoms with E-state index in [1.807, 2.05) is 18.2 Å². The summed E-state index contributed by atoms with van der Waals surface area (Å²) in [7, 11) is 0. The molecular formula is C24H25N3O4. The SMILES string of the molecule is CCN(CC)CCN1C(=O)C(O)=C(C(=O)c2cc3ccccc3o2)[C@@H]1c1ccncc1. The maximum Gasteiger partial charge on any atom is 0.290 e. The molecule has 0 saturated carbocycles. The number of aliphatic hydroxyl groups is 1. The molecule has 1 aromatic carbocycles. The first-order valence-corrected chi connectivity index (χ1v) is 10.4. The Kier molecular flexibility index (Phi) is 5.86. The van der Waals surface area contributed by atoms with E-state index in [4.69, 9.17) is 4.42 Å². The van der Waals surface area contributed by atoms with Crippen LogP contribution in [0.5, 0.6) is 0 Å². The molecule has 7 heteroatoms. The van der Waals surface area contributed by atoms with Crippen LogP contribution in [0.2, 0.25) is 0 Å². The van der Waals surface area contributed by atoms with E-state index in [1.165, 1.54) is 0 Å². The monoisotopic (exact) mass is 419 g/mol. The molecule has 0 bridgehead atoms. The number of fused-ring (bicyclic) bond motifs is 1. The Morgan fingerprint density at radius 2 is 1.87 bits per heavy atom. The zero-order chi connectivity index (χ0) is 22.0. The van der Waals surface area contributed by atoms with Gasteiger partial charge in [-0.2, -0.15) is 0 Å². The molecule has 1 amide bonds. The molecule has 1 N–H and O–H groups in total. The third-order valence-electron chi connectivity index (χ3n) is 5.77. The van der Waals surface area contributed by atoms with E-state index >= 15 is 0 Å². The Bertz CT molecular complexity index is 1100. The number of hydrogen-bond donors (Lipinski definition) is 1. The number of rotatable bonds is 8. The predicted molar refractivity (Wildman–Crippen MR) is 117 cm³/mol. The van der Waals surface area contributed by atoms with Crippen molar-refractivity contribution in [1.82, 2.24) is 14.8 Å². The summed E-state index contributed by atoms with van der Waals surface area (Å²) >= 11 is 0. The van der Waals surface area contributed by atoms with Gasteiger partial charge in [-0.15, -0.1) is 0 Å². The van der Waals surface area contributed by atoms with Crippen molar-refractivity contribution in [2.24, 2.45) is 0 Å². The van der Waals surface area contributed by atoms with E-state index in [2.05, 4.69) is 23.7 Å². The summed E-state index contributed by atoms with van der Waals surface area (Å²) in [4.78, 5) is 34.2. The Balaban J connectivity index is 1.73. The number of furan rings is 1. The Labute approximate surface area is 180 Å². The molecule has 0 spiro atoms. The molecule has 0 unspecified atom stereocenters. The molecule has 3 heterocycles. The van der Waals surface area contributed by atoms with Crippen molar-refractivity contribution in [2.45, 2.75) is 19.9 Å². The van der Waals surface area contributed by atoms with Crippen molar-refractivity contribution in [3.63, 3.8) is 0 Å². The summed E-state index contributed by atoms with van der Waals surface area (Å²) in [5.74, 6) is -1.46. The van der Waals surface area contributed by atoms with E-state index in [-0.39, 0.29) is 11.3 Å². The highest BCUT2D eigenvalue weighted by Gasteiger charge is 2.44. The molecule has 1 aliphatic rings. The number of carbonyl (C=O) groups is 2. The molecule has 1 atom stereocenters. The molecule has 31 heavy (non-hydrogen) atoms. The zero-order valence-corrected chi connectivity index (χ0v) is 17.6. The van der Waals surface area contributed by atoms with E-state index < -0.39 is 23.5 Å². The van der Waals surface area contributed by atoms with Crippen molar-refractivity contribution in [3.05, 3.63) is 77.5 Å². The summed E-state index contributed by atoms with van der Waals surface area (Å²) in [6.07, 6.45) is 3.22. The Hall–Kier alpha value is -3.45. The smallest absolute Gasteiger partial charge is 0.290 e. The van der Waals surface area contributed by atoms with Gasteiger partial charge in [0.1, 0.15) is 5.58 Å². The van der Waals surface area contributed by atoms with Crippen LogP contribution in [0.4, 0.5) is 0 Å². The van der Waals surface area contributed by atoms with Crippen molar-refractivity contribution in [3.8, 4) is 0 Å². The highest BCUT2D eigenvalue weighted by molar-refractivity contribution is 6.16. The molecule has 0 saturated heterocycles. The Morgan fingerprint density at radius 1 is 1.16 bits per heavy atom. The number of para-hydroxylation sites is 1. The van der Waals surface area contributed by atoms with E-state index in [1.54, 1.807) is 41.6 Å². The molecule has 0 aliphatic carbocycles. The fourth-order valence-corrected chi connectivity index (χ4v) is 4.02. The normalized spacial score (nSPS) is 16.7. The lowest BCUT2D eigenvalue weighted by molar-refractivity contribution is -0.129. The topological polar surface area (TPSA) is 86.9 Å². The third-order valence-corrected chi connectivity index (χ3v) is 5.77. The van der Waals surface area contributed by atoms with Crippen LogP contribution in [0.1, 0.15) is 36.0 Å². The average Bonchev–Trinajstić information content (AvgIpc) is 3.34. The average molecular weight is 419 g/mol. The van der Waals surface area contributed by atoms with Gasteiger partial charge in [0.15, 0.2) is 11.5 Å². The highest BCUT2D eigenvalue weighted by atomic mass is 16.3. The minimum absolute atomic E-state index is 0.0369. The number of aliphatic hydroxyl groups excluding tert-OH is 1. The number of amides is 1. The van der Waals surface area contributed by atoms with E-state index in [9.17, 15) is 14.7 Å². The van der Waals surface area contributed by atoms with E-state index in [0.29, 0.717) is 24.2 Å². The zero-order valence-electron chi connectivity index (χ0n) is 17.6. The van der Waals surface area contributed by atoms with Gasteiger partial charge < -0.3 is 19.3 Å². The lowest BCUT2D eigenvalue weighted by Gasteiger charge is -2.29. The van der Waals surface area contributed by atoms with Crippen molar-refractivity contribution >= 4 is 22.7 Å². The molecular weight excluding hydrogens is 394 g/mol. The maximum absolute atomic E-state index is 13.4. The van der Waals surface area contributed by atoms with Crippen molar-refractivity contribution in [1.29, 1.82) is 0 Å². The number of carbonyl (C=O) groups excluding carboxylic acids is 2. The molecule has 0 fully saturated rings. The molecule has 4 rings (SSSR count). The number of nitrogens with zero attached hydrogens (tertiary/aromatic N) is 3. The number of ketones is 1. The van der Waals surface area contributed by atoms with Crippen LogP contribution in [0.15, 0.2) is 70.6 Å². The minimum atomic E-state index is -0.702. The van der Waals surface area contributed by atoms with Crippen LogP contribution in [-0.2, 0) is 4.79 Å². The second kappa shape index (κ2) is 8.73. The number of likely N-dealkylation sites (N-methyl/N-ethyl adjacent to an activating group) is 1. The lowest BCUT2D eigenvalue weighted by atomic mass is 9.95. The number of aromatic nitrogens is 1. The summed E-state index contributed by atoms with van der Waals surface area (Å²) in [6, 6.07) is 11.8. The standard InChI is InChI=1S/C24H25N3O4/c1-3-26(4-2)13-14-27-21(16-9-11-25-12-10-16)20(23(29)24(27)30)22(28)19-15-17-7-5-6-8-18(17)31-19/h5-12,15,21,29H,3-4,13-14H2,1-2H3/t21-/m0/s1. The fraction of sp³-hybridized carbons (Fsp3) is 0.292. The highest BCUT2D eigenvalue weighted by Crippen LogP contribution is 2.39. The minimum Gasteiger partial charge on any atom is -0.503 e. The Morgan fingerprint density at radius 3 is 2.55 bits per heavy atom. The van der Waals surface area contributed by atoms with Gasteiger partial charge >= 0.3 is 0 Å². The van der Waals surface area contributed by atoms with Crippen LogP contribution in [0.25, 0.3) is 11.0 Å². The first-order chi connectivity index (χ1) is 15.0. The van der Waals surface area contributed by atoms with Gasteiger partial charge in [0.2, 0.25) is 5.78 Å². The summed E-state index contributed by atoms with van der Waals surface area (Å²) in [5.41, 5.74) is 1.33. The summed E-state index contributed by atoms with van der Waals surface area (Å²) < 4.78 is 5.73. The van der Waals surface area contributed by atoms with Gasteiger partial charge in [-0.25, -0.2) is 0 Å². The second-order valence-electron chi connectivity index (χ2n) is 7.45. The maximum atomic E-state index is 13.4. The quantitative estimate of drug-likeness (QED) is 0.560. The van der Waals surface area contributed by atoms with Crippen LogP contribution in [-0.4, -0.2) is 57.8 Å². The lowest BCUT2D eigenvalue weighted by Crippen LogP contribution is -2.38. The van der Waals surface area contributed by atoms with Gasteiger partial charge in [-0.05, 0) is 42.9 Å². The summed E-state index contributed by atoms with van der Waals surface area (Å²) in [5, 5.41) is 11.5. The molecule has 3 aromatic rings. The molecule has 7 nitrogen and oxygen atoms in total. The first kappa shape index (κ1) is 20.8. The van der Waals surface area contributed by atoms with E-state index in [0.717, 1.165) is 18.5 Å². The largest absolute Gasteiger partial charge is 0.503 e. The number of hydrogen-bond acceptors (Lipinski definition) is 6. The third kappa shape index (κ3) is 3.84. The van der Waals surface area contributed by atoms with Crippen LogP contribution >= 0.6 is 0 Å². The fourth-order valence-electron chi connectivity index (χ4n) is 4.02. The molecule has 0 radical (unpaired) electrons. The van der Waals surface area contributed by atoms with Crippen molar-refractivity contribution < 1.29 is 19.1 Å². The van der Waals surface area contributed by atoms with Crippen LogP contribution in [0, 0.1) is 0 Å². The first-order valence-electron chi connectivity index (χ1n) is 10.4. The van der Waals surface area contributed by atoms with Gasteiger partial charge in [-0.1, -0.05) is 32.0 Å². The van der Waals surface area contributed by atoms with Gasteiger partial charge in [0.05, 0.1) is 11.6 Å². The molecule has 1 aliphatic heterocycles. The molecule has 160 valence electrons. The number of benzene rings is 1. The van der Waals surface area contributed by atoms with Crippen LogP contribution in [0.3, 0.4) is 0 Å². The van der Waals surface area contributed by atoms with Gasteiger partial charge in [0, 0.05) is 30.9 Å². The number of Topliss-reactive ketones (excluding diaryl/α,β-unsaturated/α-hetero) is 1. The predicted octanol–water partition coefficient (Wildman–Crippen LogP) is 3.75.